The largest absolute Gasteiger partial charge is 0.462 e. The molecule has 0 aromatic heterocycles. The van der Waals surface area contributed by atoms with Gasteiger partial charge in [-0.05, 0) is 114 Å². The van der Waals surface area contributed by atoms with Gasteiger partial charge < -0.3 is 9.47 Å². The highest BCUT2D eigenvalue weighted by molar-refractivity contribution is 14.1. The topological polar surface area (TPSA) is 52.6 Å². The Morgan fingerprint density at radius 2 is 0.917 bits per heavy atom. The maximum absolute atomic E-state index is 13.1. The first kappa shape index (κ1) is 25.4. The lowest BCUT2D eigenvalue weighted by molar-refractivity contribution is 0.0453. The molecule has 0 heterocycles. The van der Waals surface area contributed by atoms with Crippen molar-refractivity contribution in [3.05, 3.63) is 66.8 Å². The Labute approximate surface area is 237 Å². The van der Waals surface area contributed by atoms with Gasteiger partial charge in [-0.15, -0.1) is 0 Å². The van der Waals surface area contributed by atoms with Crippen molar-refractivity contribution < 1.29 is 19.1 Å². The van der Waals surface area contributed by atoms with Crippen LogP contribution in [-0.4, -0.2) is 25.2 Å². The summed E-state index contributed by atoms with van der Waals surface area (Å²) in [6, 6.07) is 16.1. The van der Waals surface area contributed by atoms with E-state index in [2.05, 4.69) is 69.4 Å². The summed E-state index contributed by atoms with van der Waals surface area (Å²) in [6.45, 7) is 8.88. The highest BCUT2D eigenvalue weighted by atomic mass is 127. The van der Waals surface area contributed by atoms with Crippen LogP contribution in [0.15, 0.2) is 48.5 Å². The van der Waals surface area contributed by atoms with Crippen LogP contribution in [0.1, 0.15) is 48.4 Å². The van der Waals surface area contributed by atoms with Gasteiger partial charge in [0.25, 0.3) is 0 Å². The molecule has 0 saturated heterocycles. The van der Waals surface area contributed by atoms with Gasteiger partial charge in [0.2, 0.25) is 0 Å². The zero-order valence-electron chi connectivity index (χ0n) is 20.6. The molecule has 0 unspecified atom stereocenters. The Kier molecular flexibility index (Phi) is 7.02. The first-order valence-corrected chi connectivity index (χ1v) is 14.2. The lowest BCUT2D eigenvalue weighted by atomic mass is 9.87. The van der Waals surface area contributed by atoms with Crippen LogP contribution < -0.4 is 0 Å². The van der Waals surface area contributed by atoms with Crippen molar-refractivity contribution in [3.63, 3.8) is 0 Å². The number of carbonyl (C=O) groups is 2. The van der Waals surface area contributed by atoms with Crippen molar-refractivity contribution in [1.29, 1.82) is 0 Å². The van der Waals surface area contributed by atoms with E-state index in [1.165, 1.54) is 0 Å². The second kappa shape index (κ2) is 9.93. The Bertz CT molecular complexity index is 1510. The molecular formula is C30H26I2O4. The molecule has 0 N–H and O–H groups in total. The second-order valence-corrected chi connectivity index (χ2v) is 12.3. The third kappa shape index (κ3) is 4.30. The molecule has 0 fully saturated rings. The number of esters is 2. The summed E-state index contributed by atoms with van der Waals surface area (Å²) >= 11 is 4.60. The fraction of sp³-hybridized carbons (Fsp3) is 0.267. The van der Waals surface area contributed by atoms with Gasteiger partial charge in [0.05, 0.1) is 24.3 Å². The highest BCUT2D eigenvalue weighted by Gasteiger charge is 2.23. The summed E-state index contributed by atoms with van der Waals surface area (Å²) in [6.07, 6.45) is 0. The van der Waals surface area contributed by atoms with Gasteiger partial charge >= 0.3 is 11.9 Å². The number of halogens is 2. The minimum absolute atomic E-state index is 0.265. The minimum atomic E-state index is -0.299. The molecule has 6 heteroatoms. The third-order valence-electron chi connectivity index (χ3n) is 6.34. The standard InChI is InChI=1S/C30H26I2O4/c1-15(2)13-35-29(33)21-7-5-17-18-6-8-22(30(34)36-14-16(3)4)28-24(32)12-10-20(26(18)28)19-9-11-23(31)27(21)25(17)19/h5-12,15-16H,13-14H2,1-4H3. The summed E-state index contributed by atoms with van der Waals surface area (Å²) in [7, 11) is 0. The molecule has 0 aliphatic heterocycles. The van der Waals surface area contributed by atoms with E-state index >= 15 is 0 Å². The van der Waals surface area contributed by atoms with Crippen LogP contribution in [0.25, 0.3) is 43.1 Å². The number of carbonyl (C=O) groups excluding carboxylic acids is 2. The van der Waals surface area contributed by atoms with Crippen LogP contribution in [0, 0.1) is 19.0 Å². The quantitative estimate of drug-likeness (QED) is 0.0770. The van der Waals surface area contributed by atoms with E-state index in [1.54, 1.807) is 0 Å². The Morgan fingerprint density at radius 3 is 1.25 bits per heavy atom. The molecule has 5 aromatic carbocycles. The van der Waals surface area contributed by atoms with Gasteiger partial charge in [-0.25, -0.2) is 9.59 Å². The molecule has 5 rings (SSSR count). The number of benzene rings is 5. The van der Waals surface area contributed by atoms with Crippen molar-refractivity contribution in [2.75, 3.05) is 13.2 Å². The summed E-state index contributed by atoms with van der Waals surface area (Å²) in [5.41, 5.74) is 1.17. The number of hydrogen-bond acceptors (Lipinski definition) is 4. The molecule has 0 saturated carbocycles. The third-order valence-corrected chi connectivity index (χ3v) is 8.13. The number of hydrogen-bond donors (Lipinski definition) is 0. The van der Waals surface area contributed by atoms with Gasteiger partial charge in [0, 0.05) is 17.9 Å². The molecule has 5 aromatic rings. The van der Waals surface area contributed by atoms with Crippen LogP contribution in [0.3, 0.4) is 0 Å². The molecule has 0 aliphatic carbocycles. The van der Waals surface area contributed by atoms with Crippen molar-refractivity contribution >= 4 is 100 Å². The number of rotatable bonds is 6. The predicted octanol–water partition coefficient (Wildman–Crippen LogP) is 8.57. The average molecular weight is 704 g/mol. The maximum Gasteiger partial charge on any atom is 0.338 e. The molecule has 0 amide bonds. The summed E-state index contributed by atoms with van der Waals surface area (Å²) in [5.74, 6) is -0.0676. The lowest BCUT2D eigenvalue weighted by Gasteiger charge is -2.19. The van der Waals surface area contributed by atoms with Crippen molar-refractivity contribution in [2.24, 2.45) is 11.8 Å². The monoisotopic (exact) mass is 704 g/mol. The SMILES string of the molecule is CC(C)COC(=O)c1ccc2c3ccc(C(=O)OCC(C)C)c4c(I)ccc(c5ccc(I)c1c52)c43. The van der Waals surface area contributed by atoms with E-state index in [0.29, 0.717) is 24.3 Å². The molecule has 0 radical (unpaired) electrons. The van der Waals surface area contributed by atoms with Crippen LogP contribution in [0.5, 0.6) is 0 Å². The second-order valence-electron chi connectivity index (χ2n) is 10.00. The van der Waals surface area contributed by atoms with E-state index in [4.69, 9.17) is 9.47 Å². The normalized spacial score (nSPS) is 12.0. The molecular weight excluding hydrogens is 678 g/mol. The van der Waals surface area contributed by atoms with Crippen LogP contribution >= 0.6 is 45.2 Å². The van der Waals surface area contributed by atoms with Crippen LogP contribution in [0.4, 0.5) is 0 Å². The van der Waals surface area contributed by atoms with Gasteiger partial charge in [0.15, 0.2) is 0 Å². The Hall–Kier alpha value is -2.20. The molecule has 0 bridgehead atoms. The number of ether oxygens (including phenoxy) is 2. The van der Waals surface area contributed by atoms with E-state index in [9.17, 15) is 9.59 Å². The molecule has 184 valence electrons. The first-order chi connectivity index (χ1) is 17.2. The lowest BCUT2D eigenvalue weighted by Crippen LogP contribution is -2.11. The Balaban J connectivity index is 1.83. The molecule has 0 aliphatic rings. The van der Waals surface area contributed by atoms with Gasteiger partial charge in [-0.3, -0.25) is 0 Å². The fourth-order valence-corrected chi connectivity index (χ4v) is 6.27. The zero-order chi connectivity index (χ0) is 25.7. The van der Waals surface area contributed by atoms with Crippen molar-refractivity contribution in [1.82, 2.24) is 0 Å². The summed E-state index contributed by atoms with van der Waals surface area (Å²) in [5, 5.41) is 8.15. The zero-order valence-corrected chi connectivity index (χ0v) is 24.9. The van der Waals surface area contributed by atoms with Gasteiger partial charge in [-0.2, -0.15) is 0 Å². The molecule has 0 atom stereocenters. The molecule has 36 heavy (non-hydrogen) atoms. The average Bonchev–Trinajstić information content (AvgIpc) is 2.85. The first-order valence-electron chi connectivity index (χ1n) is 12.0. The van der Waals surface area contributed by atoms with Crippen LogP contribution in [-0.2, 0) is 9.47 Å². The van der Waals surface area contributed by atoms with E-state index < -0.39 is 0 Å². The summed E-state index contributed by atoms with van der Waals surface area (Å²) < 4.78 is 13.2. The van der Waals surface area contributed by atoms with E-state index in [-0.39, 0.29) is 23.8 Å². The van der Waals surface area contributed by atoms with Gasteiger partial charge in [-0.1, -0.05) is 52.0 Å². The fourth-order valence-electron chi connectivity index (χ4n) is 4.79. The minimum Gasteiger partial charge on any atom is -0.462 e. The molecule has 4 nitrogen and oxygen atoms in total. The molecule has 0 spiro atoms. The van der Waals surface area contributed by atoms with Gasteiger partial charge in [0.1, 0.15) is 0 Å². The van der Waals surface area contributed by atoms with Crippen molar-refractivity contribution in [3.8, 4) is 0 Å². The maximum atomic E-state index is 13.1. The van der Waals surface area contributed by atoms with Crippen LogP contribution in [0.2, 0.25) is 0 Å². The van der Waals surface area contributed by atoms with E-state index in [1.807, 2.05) is 52.0 Å². The highest BCUT2D eigenvalue weighted by Crippen LogP contribution is 2.44. The summed E-state index contributed by atoms with van der Waals surface area (Å²) in [4.78, 5) is 26.2. The smallest absolute Gasteiger partial charge is 0.338 e. The predicted molar refractivity (Wildman–Crippen MR) is 163 cm³/mol. The van der Waals surface area contributed by atoms with Crippen molar-refractivity contribution in [2.45, 2.75) is 27.7 Å². The van der Waals surface area contributed by atoms with E-state index in [0.717, 1.165) is 50.2 Å². The Morgan fingerprint density at radius 1 is 0.583 bits per heavy atom. The number of fused-ring (bicyclic) bond motifs is 2.